The zero-order valence-corrected chi connectivity index (χ0v) is 22.9. The van der Waals surface area contributed by atoms with Crippen LogP contribution in [0.4, 0.5) is 13.2 Å². The number of halogens is 3. The van der Waals surface area contributed by atoms with Crippen LogP contribution in [0, 0.1) is 11.8 Å². The number of benzene rings is 1. The van der Waals surface area contributed by atoms with Crippen LogP contribution in [0.5, 0.6) is 0 Å². The first-order chi connectivity index (χ1) is 18.3. The van der Waals surface area contributed by atoms with Gasteiger partial charge in [0.2, 0.25) is 0 Å². The molecule has 38 heavy (non-hydrogen) atoms. The summed E-state index contributed by atoms with van der Waals surface area (Å²) in [6.07, 6.45) is 13.4. The second kappa shape index (κ2) is 11.6. The van der Waals surface area contributed by atoms with E-state index in [0.29, 0.717) is 36.7 Å². The van der Waals surface area contributed by atoms with Crippen molar-refractivity contribution >= 4 is 18.0 Å². The lowest BCUT2D eigenvalue weighted by Crippen LogP contribution is -2.39. The van der Waals surface area contributed by atoms with Crippen molar-refractivity contribution in [2.24, 2.45) is 16.8 Å². The number of allylic oxidation sites excluding steroid dienone is 4. The largest absolute Gasteiger partial charge is 0.390 e. The summed E-state index contributed by atoms with van der Waals surface area (Å²) in [5.74, 6) is 0.130. The van der Waals surface area contributed by atoms with E-state index >= 15 is 4.39 Å². The Morgan fingerprint density at radius 3 is 2.47 bits per heavy atom. The topological polar surface area (TPSA) is 35.8 Å². The standard InChI is InChI=1S/C31H39F3N2OS/c1-2-31(33,34)26-8-6-22(7-9-26)21-36(27-10-11-27)29-28(32)25(5-3-4-14-35-29)19-23-17-24(18-23)20-30(37)12-15-38-16-13-30/h2,5-9,14,23-24,27,37H,1,3-4,10-13,15-21H2/b25-5-,29-28-,35-14-. The van der Waals surface area contributed by atoms with E-state index in [1.807, 2.05) is 22.7 Å². The molecule has 1 aromatic carbocycles. The van der Waals surface area contributed by atoms with Gasteiger partial charge in [-0.1, -0.05) is 36.9 Å². The van der Waals surface area contributed by atoms with Gasteiger partial charge in [0.15, 0.2) is 11.6 Å². The highest BCUT2D eigenvalue weighted by Gasteiger charge is 2.39. The van der Waals surface area contributed by atoms with Gasteiger partial charge in [0.05, 0.1) is 5.60 Å². The second-order valence-electron chi connectivity index (χ2n) is 11.6. The van der Waals surface area contributed by atoms with Gasteiger partial charge in [0.1, 0.15) is 0 Å². The van der Waals surface area contributed by atoms with Crippen LogP contribution in [0.15, 0.2) is 65.2 Å². The van der Waals surface area contributed by atoms with Crippen molar-refractivity contribution in [1.29, 1.82) is 0 Å². The summed E-state index contributed by atoms with van der Waals surface area (Å²) in [5.41, 5.74) is 1.00. The Balaban J connectivity index is 1.26. The monoisotopic (exact) mass is 544 g/mol. The summed E-state index contributed by atoms with van der Waals surface area (Å²) in [7, 11) is 0. The molecule has 1 N–H and O–H groups in total. The molecule has 206 valence electrons. The van der Waals surface area contributed by atoms with E-state index in [-0.39, 0.29) is 17.4 Å². The molecule has 7 heteroatoms. The van der Waals surface area contributed by atoms with E-state index in [4.69, 9.17) is 0 Å². The fourth-order valence-electron chi connectivity index (χ4n) is 6.07. The Morgan fingerprint density at radius 2 is 1.82 bits per heavy atom. The zero-order chi connectivity index (χ0) is 26.8. The highest BCUT2D eigenvalue weighted by Crippen LogP contribution is 2.46. The predicted molar refractivity (Wildman–Crippen MR) is 150 cm³/mol. The molecule has 2 saturated carbocycles. The first kappa shape index (κ1) is 27.6. The van der Waals surface area contributed by atoms with Crippen molar-refractivity contribution in [2.75, 3.05) is 11.5 Å². The number of hydrogen-bond donors (Lipinski definition) is 1. The maximum Gasteiger partial charge on any atom is 0.291 e. The molecule has 1 aromatic rings. The van der Waals surface area contributed by atoms with Crippen LogP contribution in [0.25, 0.3) is 0 Å². The summed E-state index contributed by atoms with van der Waals surface area (Å²) in [6, 6.07) is 6.45. The highest BCUT2D eigenvalue weighted by molar-refractivity contribution is 7.99. The first-order valence-electron chi connectivity index (χ1n) is 14.1. The van der Waals surface area contributed by atoms with Crippen LogP contribution >= 0.6 is 11.8 Å². The van der Waals surface area contributed by atoms with Gasteiger partial charge in [0, 0.05) is 24.4 Å². The molecule has 4 aliphatic rings. The van der Waals surface area contributed by atoms with Gasteiger partial charge in [-0.3, -0.25) is 0 Å². The van der Waals surface area contributed by atoms with Gasteiger partial charge in [-0.25, -0.2) is 9.38 Å². The van der Waals surface area contributed by atoms with E-state index in [1.165, 1.54) is 12.1 Å². The fraction of sp³-hybridized carbons (Fsp3) is 0.581. The molecule has 5 rings (SSSR count). The number of aliphatic hydroxyl groups is 1. The SMILES string of the molecule is C=CC(F)(F)c1ccc(CN(C2=C(F)/C(CC3CC(CC4(O)CCSCC4)C3)=C\CC/C=N\2)C2CC2)cc1. The number of nitrogens with zero attached hydrogens (tertiary/aromatic N) is 2. The van der Waals surface area contributed by atoms with Gasteiger partial charge in [-0.05, 0) is 105 Å². The third-order valence-corrected chi connectivity index (χ3v) is 9.51. The highest BCUT2D eigenvalue weighted by atomic mass is 32.2. The molecule has 0 aromatic heterocycles. The van der Waals surface area contributed by atoms with Crippen LogP contribution in [-0.2, 0) is 12.5 Å². The number of hydrogen-bond acceptors (Lipinski definition) is 4. The predicted octanol–water partition coefficient (Wildman–Crippen LogP) is 7.92. The maximum absolute atomic E-state index is 16.1. The molecule has 0 unspecified atom stereocenters. The average Bonchev–Trinajstić information content (AvgIpc) is 3.72. The molecule has 0 spiro atoms. The third-order valence-electron chi connectivity index (χ3n) is 8.52. The minimum absolute atomic E-state index is 0.0953. The van der Waals surface area contributed by atoms with E-state index in [9.17, 15) is 13.9 Å². The van der Waals surface area contributed by atoms with Crippen molar-refractivity contribution in [3.8, 4) is 0 Å². The quantitative estimate of drug-likeness (QED) is 0.304. The molecule has 3 fully saturated rings. The Bertz CT molecular complexity index is 1080. The molecule has 3 nitrogen and oxygen atoms in total. The molecule has 2 aliphatic carbocycles. The second-order valence-corrected chi connectivity index (χ2v) is 12.8. The van der Waals surface area contributed by atoms with Crippen LogP contribution in [0.1, 0.15) is 75.3 Å². The summed E-state index contributed by atoms with van der Waals surface area (Å²) in [4.78, 5) is 6.61. The molecule has 0 bridgehead atoms. The third kappa shape index (κ3) is 6.59. The van der Waals surface area contributed by atoms with Crippen molar-refractivity contribution in [3.05, 3.63) is 71.3 Å². The summed E-state index contributed by atoms with van der Waals surface area (Å²) in [5, 5.41) is 10.9. The Kier molecular flexibility index (Phi) is 8.44. The molecule has 0 radical (unpaired) electrons. The molecule has 0 amide bonds. The van der Waals surface area contributed by atoms with Crippen molar-refractivity contribution in [3.63, 3.8) is 0 Å². The van der Waals surface area contributed by atoms with Crippen molar-refractivity contribution < 1.29 is 18.3 Å². The summed E-state index contributed by atoms with van der Waals surface area (Å²) >= 11 is 1.93. The lowest BCUT2D eigenvalue weighted by molar-refractivity contribution is -0.0145. The molecule has 1 saturated heterocycles. The minimum atomic E-state index is -3.07. The van der Waals surface area contributed by atoms with Gasteiger partial charge in [-0.15, -0.1) is 0 Å². The van der Waals surface area contributed by atoms with Crippen molar-refractivity contribution in [1.82, 2.24) is 4.90 Å². The number of rotatable bonds is 10. The summed E-state index contributed by atoms with van der Waals surface area (Å²) in [6.45, 7) is 3.66. The van der Waals surface area contributed by atoms with Crippen LogP contribution in [0.2, 0.25) is 0 Å². The van der Waals surface area contributed by atoms with Crippen LogP contribution in [0.3, 0.4) is 0 Å². The van der Waals surface area contributed by atoms with Crippen LogP contribution in [-0.4, -0.2) is 39.4 Å². The lowest BCUT2D eigenvalue weighted by Gasteiger charge is -2.42. The normalized spacial score (nSPS) is 29.8. The van der Waals surface area contributed by atoms with E-state index < -0.39 is 11.5 Å². The minimum Gasteiger partial charge on any atom is -0.390 e. The number of aliphatic imine (C=N–C) groups is 1. The zero-order valence-electron chi connectivity index (χ0n) is 22.1. The fourth-order valence-corrected chi connectivity index (χ4v) is 7.32. The molecule has 0 atom stereocenters. The molecule has 2 heterocycles. The van der Waals surface area contributed by atoms with Gasteiger partial charge >= 0.3 is 0 Å². The maximum atomic E-state index is 16.1. The smallest absolute Gasteiger partial charge is 0.291 e. The van der Waals surface area contributed by atoms with Gasteiger partial charge in [-0.2, -0.15) is 20.5 Å². The Morgan fingerprint density at radius 1 is 1.11 bits per heavy atom. The Hall–Kier alpha value is -1.99. The molecular weight excluding hydrogens is 505 g/mol. The van der Waals surface area contributed by atoms with Crippen LogP contribution < -0.4 is 0 Å². The average molecular weight is 545 g/mol. The Labute approximate surface area is 229 Å². The van der Waals surface area contributed by atoms with Gasteiger partial charge in [0.25, 0.3) is 5.92 Å². The van der Waals surface area contributed by atoms with E-state index in [0.717, 1.165) is 80.4 Å². The van der Waals surface area contributed by atoms with Crippen molar-refractivity contribution in [2.45, 2.75) is 88.3 Å². The number of alkyl halides is 2. The first-order valence-corrected chi connectivity index (χ1v) is 15.2. The van der Waals surface area contributed by atoms with E-state index in [2.05, 4.69) is 11.6 Å². The van der Waals surface area contributed by atoms with E-state index in [1.54, 1.807) is 18.3 Å². The van der Waals surface area contributed by atoms with Gasteiger partial charge < -0.3 is 10.0 Å². The number of thioether (sulfide) groups is 1. The molecular formula is C31H39F3N2OS. The lowest BCUT2D eigenvalue weighted by atomic mass is 9.67. The summed E-state index contributed by atoms with van der Waals surface area (Å²) < 4.78 is 44.0. The molecule has 2 aliphatic heterocycles.